The Morgan fingerprint density at radius 1 is 1.25 bits per heavy atom. The predicted octanol–water partition coefficient (Wildman–Crippen LogP) is 1.17. The topological polar surface area (TPSA) is 114 Å². The van der Waals surface area contributed by atoms with E-state index < -0.39 is 0 Å². The van der Waals surface area contributed by atoms with Crippen LogP contribution < -0.4 is 16.0 Å². The first kappa shape index (κ1) is 22.8. The Bertz CT molecular complexity index is 860. The van der Waals surface area contributed by atoms with Gasteiger partial charge in [-0.05, 0) is 43.9 Å². The van der Waals surface area contributed by atoms with E-state index in [1.165, 1.54) is 0 Å². The zero-order chi connectivity index (χ0) is 22.7. The fraction of sp³-hybridized carbons (Fsp3) is 0.591. The number of carbonyl (C=O) groups is 3. The maximum absolute atomic E-state index is 12.6. The first-order valence-corrected chi connectivity index (χ1v) is 11.6. The summed E-state index contributed by atoms with van der Waals surface area (Å²) in [5.41, 5.74) is 0.602. The first-order chi connectivity index (χ1) is 15.4. The van der Waals surface area contributed by atoms with Crippen molar-refractivity contribution in [1.82, 2.24) is 20.4 Å². The zero-order valence-corrected chi connectivity index (χ0v) is 18.7. The number of aliphatic hydroxyl groups is 1. The SMILES string of the molecule is O=C(Nc1cccc(Cl)c1)N[C@@H]1C[C@H]2C(=O)NC[C@@H](CCC(=O)N3CCC(O)CC3)N2C1. The second-order valence-corrected chi connectivity index (χ2v) is 9.24. The number of hydrogen-bond donors (Lipinski definition) is 4. The summed E-state index contributed by atoms with van der Waals surface area (Å²) in [6.07, 6.45) is 2.54. The van der Waals surface area contributed by atoms with Gasteiger partial charge in [0.25, 0.3) is 0 Å². The van der Waals surface area contributed by atoms with Gasteiger partial charge in [0, 0.05) is 55.4 Å². The van der Waals surface area contributed by atoms with E-state index in [0.717, 1.165) is 0 Å². The molecule has 0 spiro atoms. The molecule has 0 saturated carbocycles. The Morgan fingerprint density at radius 2 is 2.03 bits per heavy atom. The van der Waals surface area contributed by atoms with E-state index in [1.54, 1.807) is 24.3 Å². The minimum Gasteiger partial charge on any atom is -0.393 e. The van der Waals surface area contributed by atoms with Gasteiger partial charge < -0.3 is 26.0 Å². The van der Waals surface area contributed by atoms with Crippen LogP contribution in [0.4, 0.5) is 10.5 Å². The molecule has 3 aliphatic heterocycles. The Labute approximate surface area is 192 Å². The van der Waals surface area contributed by atoms with Crippen molar-refractivity contribution in [2.24, 2.45) is 0 Å². The number of carbonyl (C=O) groups excluding carboxylic acids is 3. The average molecular weight is 464 g/mol. The summed E-state index contributed by atoms with van der Waals surface area (Å²) in [6, 6.07) is 6.18. The molecule has 0 radical (unpaired) electrons. The number of rotatable bonds is 5. The van der Waals surface area contributed by atoms with E-state index in [9.17, 15) is 19.5 Å². The summed E-state index contributed by atoms with van der Waals surface area (Å²) in [7, 11) is 0. The molecule has 32 heavy (non-hydrogen) atoms. The van der Waals surface area contributed by atoms with Gasteiger partial charge >= 0.3 is 6.03 Å². The second-order valence-electron chi connectivity index (χ2n) is 8.80. The van der Waals surface area contributed by atoms with E-state index in [4.69, 9.17) is 11.6 Å². The molecule has 1 aromatic carbocycles. The van der Waals surface area contributed by atoms with Gasteiger partial charge in [-0.2, -0.15) is 0 Å². The summed E-state index contributed by atoms with van der Waals surface area (Å²) in [4.78, 5) is 41.3. The monoisotopic (exact) mass is 463 g/mol. The number of urea groups is 1. The molecule has 3 saturated heterocycles. The molecule has 3 heterocycles. The van der Waals surface area contributed by atoms with Crippen molar-refractivity contribution in [3.63, 3.8) is 0 Å². The lowest BCUT2D eigenvalue weighted by Crippen LogP contribution is -2.58. The highest BCUT2D eigenvalue weighted by Crippen LogP contribution is 2.26. The molecular formula is C22H30ClN5O4. The lowest BCUT2D eigenvalue weighted by atomic mass is 10.0. The van der Waals surface area contributed by atoms with Gasteiger partial charge in [0.05, 0.1) is 12.1 Å². The standard InChI is InChI=1S/C22H30ClN5O4/c23-14-2-1-3-15(10-14)25-22(32)26-16-11-19-21(31)24-12-17(28(19)13-16)4-5-20(30)27-8-6-18(29)7-9-27/h1-3,10,16-19,29H,4-9,11-13H2,(H,24,31)(H2,25,26,32)/t16-,17-,19+/m1/s1. The van der Waals surface area contributed by atoms with Crippen molar-refractivity contribution in [2.45, 2.75) is 56.3 Å². The fourth-order valence-corrected chi connectivity index (χ4v) is 5.02. The summed E-state index contributed by atoms with van der Waals surface area (Å²) in [5, 5.41) is 18.8. The van der Waals surface area contributed by atoms with Gasteiger partial charge in [-0.25, -0.2) is 4.79 Å². The highest BCUT2D eigenvalue weighted by atomic mass is 35.5. The lowest BCUT2D eigenvalue weighted by molar-refractivity contribution is -0.134. The number of benzene rings is 1. The van der Waals surface area contributed by atoms with Gasteiger partial charge in [0.15, 0.2) is 0 Å². The Morgan fingerprint density at radius 3 is 2.78 bits per heavy atom. The van der Waals surface area contributed by atoms with Gasteiger partial charge in [-0.3, -0.25) is 14.5 Å². The number of aliphatic hydroxyl groups excluding tert-OH is 1. The third kappa shape index (κ3) is 5.51. The van der Waals surface area contributed by atoms with Gasteiger partial charge in [-0.15, -0.1) is 0 Å². The van der Waals surface area contributed by atoms with Crippen LogP contribution >= 0.6 is 11.6 Å². The second kappa shape index (κ2) is 10.1. The number of piperazine rings is 1. The maximum atomic E-state index is 12.6. The van der Waals surface area contributed by atoms with Crippen LogP contribution in [-0.2, 0) is 9.59 Å². The summed E-state index contributed by atoms with van der Waals surface area (Å²) >= 11 is 5.96. The number of piperidine rings is 1. The largest absolute Gasteiger partial charge is 0.393 e. The molecule has 4 rings (SSSR count). The smallest absolute Gasteiger partial charge is 0.319 e. The van der Waals surface area contributed by atoms with Crippen LogP contribution in [0.3, 0.4) is 0 Å². The van der Waals surface area contributed by atoms with Gasteiger partial charge in [-0.1, -0.05) is 17.7 Å². The molecule has 3 atom stereocenters. The Kier molecular flexibility index (Phi) is 7.17. The normalized spacial score (nSPS) is 26.4. The van der Waals surface area contributed by atoms with Crippen molar-refractivity contribution in [3.8, 4) is 0 Å². The van der Waals surface area contributed by atoms with E-state index >= 15 is 0 Å². The Hall–Kier alpha value is -2.36. The number of halogens is 1. The summed E-state index contributed by atoms with van der Waals surface area (Å²) < 4.78 is 0. The number of amides is 4. The molecule has 9 nitrogen and oxygen atoms in total. The molecule has 3 fully saturated rings. The van der Waals surface area contributed by atoms with Crippen LogP contribution in [0.1, 0.15) is 32.1 Å². The number of anilines is 1. The first-order valence-electron chi connectivity index (χ1n) is 11.2. The van der Waals surface area contributed by atoms with Crippen molar-refractivity contribution in [1.29, 1.82) is 0 Å². The van der Waals surface area contributed by atoms with E-state index in [2.05, 4.69) is 20.9 Å². The molecule has 0 unspecified atom stereocenters. The molecule has 0 aromatic heterocycles. The lowest BCUT2D eigenvalue weighted by Gasteiger charge is -2.37. The van der Waals surface area contributed by atoms with Crippen molar-refractivity contribution >= 4 is 35.1 Å². The van der Waals surface area contributed by atoms with Gasteiger partial charge in [0.2, 0.25) is 11.8 Å². The number of hydrogen-bond acceptors (Lipinski definition) is 5. The fourth-order valence-electron chi connectivity index (χ4n) is 4.83. The molecule has 174 valence electrons. The number of likely N-dealkylation sites (tertiary alicyclic amines) is 1. The predicted molar refractivity (Wildman–Crippen MR) is 120 cm³/mol. The molecule has 1 aromatic rings. The molecule has 4 amide bonds. The third-order valence-corrected chi connectivity index (χ3v) is 6.78. The van der Waals surface area contributed by atoms with Crippen molar-refractivity contribution in [3.05, 3.63) is 29.3 Å². The molecule has 10 heteroatoms. The number of fused-ring (bicyclic) bond motifs is 1. The minimum absolute atomic E-state index is 0.0304. The highest BCUT2D eigenvalue weighted by Gasteiger charge is 2.43. The quantitative estimate of drug-likeness (QED) is 0.523. The van der Waals surface area contributed by atoms with Crippen LogP contribution in [0.2, 0.25) is 5.02 Å². The van der Waals surface area contributed by atoms with E-state index in [-0.39, 0.29) is 42.1 Å². The van der Waals surface area contributed by atoms with Crippen LogP contribution in [0.5, 0.6) is 0 Å². The minimum atomic E-state index is -0.337. The van der Waals surface area contributed by atoms with Crippen LogP contribution in [0, 0.1) is 0 Å². The van der Waals surface area contributed by atoms with E-state index in [1.807, 2.05) is 4.90 Å². The number of nitrogens with one attached hydrogen (secondary N) is 3. The number of nitrogens with zero attached hydrogens (tertiary/aromatic N) is 2. The van der Waals surface area contributed by atoms with Crippen molar-refractivity contribution < 1.29 is 19.5 Å². The van der Waals surface area contributed by atoms with Gasteiger partial charge in [0.1, 0.15) is 0 Å². The summed E-state index contributed by atoms with van der Waals surface area (Å²) in [5.74, 6) is 0.0669. The molecule has 0 aliphatic carbocycles. The zero-order valence-electron chi connectivity index (χ0n) is 17.9. The Balaban J connectivity index is 1.29. The third-order valence-electron chi connectivity index (χ3n) is 6.55. The van der Waals surface area contributed by atoms with E-state index in [0.29, 0.717) is 69.0 Å². The maximum Gasteiger partial charge on any atom is 0.319 e. The highest BCUT2D eigenvalue weighted by molar-refractivity contribution is 6.30. The van der Waals surface area contributed by atoms with Crippen molar-refractivity contribution in [2.75, 3.05) is 31.5 Å². The molecule has 0 bridgehead atoms. The van der Waals surface area contributed by atoms with Crippen LogP contribution in [0.15, 0.2) is 24.3 Å². The molecule has 3 aliphatic rings. The molecule has 4 N–H and O–H groups in total. The van der Waals surface area contributed by atoms with Crippen LogP contribution in [0.25, 0.3) is 0 Å². The molecular weight excluding hydrogens is 434 g/mol. The average Bonchev–Trinajstić information content (AvgIpc) is 3.18. The van der Waals surface area contributed by atoms with Crippen LogP contribution in [-0.4, -0.2) is 83.2 Å². The summed E-state index contributed by atoms with van der Waals surface area (Å²) in [6.45, 7) is 2.27.